The minimum Gasteiger partial charge on any atom is -0.380 e. The average Bonchev–Trinajstić information content (AvgIpc) is 2.88. The Bertz CT molecular complexity index is 513. The number of aryl methyl sites for hydroxylation is 1. The second-order valence-corrected chi connectivity index (χ2v) is 5.90. The van der Waals surface area contributed by atoms with Crippen molar-refractivity contribution in [2.75, 3.05) is 0 Å². The summed E-state index contributed by atoms with van der Waals surface area (Å²) in [7, 11) is 0. The molecule has 0 aliphatic heterocycles. The molecule has 1 fully saturated rings. The highest BCUT2D eigenvalue weighted by Gasteiger charge is 2.39. The van der Waals surface area contributed by atoms with Crippen LogP contribution in [-0.2, 0) is 11.2 Å². The van der Waals surface area contributed by atoms with Crippen LogP contribution in [0.15, 0.2) is 18.2 Å². The highest BCUT2D eigenvalue weighted by molar-refractivity contribution is 5.85. The number of rotatable bonds is 5. The van der Waals surface area contributed by atoms with Gasteiger partial charge < -0.3 is 10.4 Å². The molecule has 1 unspecified atom stereocenters. The van der Waals surface area contributed by atoms with Gasteiger partial charge in [-0.15, -0.1) is 0 Å². The topological polar surface area (TPSA) is 49.3 Å². The normalized spacial score (nSPS) is 18.5. The molecule has 2 rings (SSSR count). The maximum absolute atomic E-state index is 13.1. The lowest BCUT2D eigenvalue weighted by Crippen LogP contribution is -2.48. The van der Waals surface area contributed by atoms with Crippen molar-refractivity contribution in [1.29, 1.82) is 0 Å². The van der Waals surface area contributed by atoms with Crippen LogP contribution in [0.5, 0.6) is 0 Å². The number of aliphatic hydroxyl groups is 1. The van der Waals surface area contributed by atoms with Gasteiger partial charge in [-0.05, 0) is 63.1 Å². The zero-order valence-corrected chi connectivity index (χ0v) is 12.2. The molecule has 1 amide bonds. The van der Waals surface area contributed by atoms with E-state index in [9.17, 15) is 18.7 Å². The van der Waals surface area contributed by atoms with Crippen molar-refractivity contribution >= 4 is 5.91 Å². The van der Waals surface area contributed by atoms with E-state index in [0.717, 1.165) is 18.9 Å². The minimum absolute atomic E-state index is 0.129. The molecule has 0 heterocycles. The van der Waals surface area contributed by atoms with Gasteiger partial charge in [-0.1, -0.05) is 6.07 Å². The summed E-state index contributed by atoms with van der Waals surface area (Å²) in [6.45, 7) is 1.84. The predicted molar refractivity (Wildman–Crippen MR) is 75.7 cm³/mol. The van der Waals surface area contributed by atoms with E-state index in [1.807, 2.05) is 6.92 Å². The van der Waals surface area contributed by atoms with E-state index in [2.05, 4.69) is 5.32 Å². The van der Waals surface area contributed by atoms with Crippen molar-refractivity contribution in [2.24, 2.45) is 0 Å². The van der Waals surface area contributed by atoms with Crippen LogP contribution in [0, 0.1) is 11.6 Å². The smallest absolute Gasteiger partial charge is 0.252 e. The Morgan fingerprint density at radius 1 is 1.33 bits per heavy atom. The van der Waals surface area contributed by atoms with E-state index in [-0.39, 0.29) is 11.9 Å². The van der Waals surface area contributed by atoms with Crippen molar-refractivity contribution in [2.45, 2.75) is 57.1 Å². The molecule has 2 N–H and O–H groups in total. The Labute approximate surface area is 123 Å². The van der Waals surface area contributed by atoms with E-state index in [0.29, 0.717) is 31.2 Å². The van der Waals surface area contributed by atoms with Gasteiger partial charge in [0, 0.05) is 6.04 Å². The maximum Gasteiger partial charge on any atom is 0.252 e. The zero-order chi connectivity index (χ0) is 15.5. The zero-order valence-electron chi connectivity index (χ0n) is 12.2. The van der Waals surface area contributed by atoms with Crippen molar-refractivity contribution in [3.63, 3.8) is 0 Å². The maximum atomic E-state index is 13.1. The Morgan fingerprint density at radius 3 is 2.62 bits per heavy atom. The third kappa shape index (κ3) is 4.00. The molecule has 1 aromatic carbocycles. The summed E-state index contributed by atoms with van der Waals surface area (Å²) < 4.78 is 25.9. The van der Waals surface area contributed by atoms with Gasteiger partial charge in [0.05, 0.1) is 0 Å². The molecule has 0 aromatic heterocycles. The molecule has 1 aromatic rings. The van der Waals surface area contributed by atoms with E-state index in [1.54, 1.807) is 0 Å². The first-order chi connectivity index (χ1) is 9.90. The molecule has 1 atom stereocenters. The lowest BCUT2D eigenvalue weighted by Gasteiger charge is -2.24. The van der Waals surface area contributed by atoms with E-state index < -0.39 is 17.2 Å². The number of amides is 1. The fraction of sp³-hybridized carbons (Fsp3) is 0.562. The molecule has 116 valence electrons. The summed E-state index contributed by atoms with van der Waals surface area (Å²) in [5, 5.41) is 13.0. The highest BCUT2D eigenvalue weighted by Crippen LogP contribution is 2.29. The molecule has 21 heavy (non-hydrogen) atoms. The van der Waals surface area contributed by atoms with Crippen molar-refractivity contribution in [3.8, 4) is 0 Å². The number of carbonyl (C=O) groups excluding carboxylic acids is 1. The molecule has 3 nitrogen and oxygen atoms in total. The summed E-state index contributed by atoms with van der Waals surface area (Å²) in [6.07, 6.45) is 3.90. The van der Waals surface area contributed by atoms with E-state index >= 15 is 0 Å². The quantitative estimate of drug-likeness (QED) is 0.878. The van der Waals surface area contributed by atoms with Crippen LogP contribution >= 0.6 is 0 Å². The summed E-state index contributed by atoms with van der Waals surface area (Å²) in [5.74, 6) is -2.04. The standard InChI is InChI=1S/C16H21F2NO2/c1-11(19-15(20)16(21)8-2-3-9-16)4-5-12-6-7-13(17)14(18)10-12/h6-7,10-11,21H,2-5,8-9H2,1H3,(H,19,20). The third-order valence-electron chi connectivity index (χ3n) is 4.08. The van der Waals surface area contributed by atoms with Crippen molar-refractivity contribution < 1.29 is 18.7 Å². The number of nitrogens with one attached hydrogen (secondary N) is 1. The molecule has 0 bridgehead atoms. The van der Waals surface area contributed by atoms with Gasteiger partial charge in [0.15, 0.2) is 11.6 Å². The molecule has 0 saturated heterocycles. The molecule has 1 aliphatic rings. The SMILES string of the molecule is CC(CCc1ccc(F)c(F)c1)NC(=O)C1(O)CCCC1. The molecule has 1 saturated carbocycles. The van der Waals surface area contributed by atoms with E-state index in [1.165, 1.54) is 12.1 Å². The summed E-state index contributed by atoms with van der Waals surface area (Å²) in [5.41, 5.74) is -0.537. The van der Waals surface area contributed by atoms with E-state index in [4.69, 9.17) is 0 Å². The second kappa shape index (κ2) is 6.52. The fourth-order valence-electron chi connectivity index (χ4n) is 2.70. The number of hydrogen-bond donors (Lipinski definition) is 2. The highest BCUT2D eigenvalue weighted by atomic mass is 19.2. The third-order valence-corrected chi connectivity index (χ3v) is 4.08. The number of benzene rings is 1. The van der Waals surface area contributed by atoms with Gasteiger partial charge in [0.1, 0.15) is 5.60 Å². The van der Waals surface area contributed by atoms with Crippen LogP contribution in [0.2, 0.25) is 0 Å². The van der Waals surface area contributed by atoms with Crippen LogP contribution in [0.3, 0.4) is 0 Å². The van der Waals surface area contributed by atoms with Gasteiger partial charge in [-0.3, -0.25) is 4.79 Å². The lowest BCUT2D eigenvalue weighted by molar-refractivity contribution is -0.139. The number of carbonyl (C=O) groups is 1. The Balaban J connectivity index is 1.83. The van der Waals surface area contributed by atoms with Gasteiger partial charge >= 0.3 is 0 Å². The Kier molecular flexibility index (Phi) is 4.93. The second-order valence-electron chi connectivity index (χ2n) is 5.90. The van der Waals surface area contributed by atoms with Gasteiger partial charge in [-0.2, -0.15) is 0 Å². The van der Waals surface area contributed by atoms with Crippen LogP contribution in [0.4, 0.5) is 8.78 Å². The summed E-state index contributed by atoms with van der Waals surface area (Å²) >= 11 is 0. The number of halogens is 2. The predicted octanol–water partition coefficient (Wildman–Crippen LogP) is 2.71. The number of hydrogen-bond acceptors (Lipinski definition) is 2. The molecule has 0 spiro atoms. The van der Waals surface area contributed by atoms with Gasteiger partial charge in [0.2, 0.25) is 0 Å². The fourth-order valence-corrected chi connectivity index (χ4v) is 2.70. The first-order valence-electron chi connectivity index (χ1n) is 7.38. The first kappa shape index (κ1) is 15.9. The largest absolute Gasteiger partial charge is 0.380 e. The van der Waals surface area contributed by atoms with Gasteiger partial charge in [0.25, 0.3) is 5.91 Å². The Hall–Kier alpha value is -1.49. The summed E-state index contributed by atoms with van der Waals surface area (Å²) in [4.78, 5) is 12.0. The molecular weight excluding hydrogens is 276 g/mol. The molecule has 0 radical (unpaired) electrons. The van der Waals surface area contributed by atoms with Crippen LogP contribution in [-0.4, -0.2) is 22.7 Å². The molecular formula is C16H21F2NO2. The van der Waals surface area contributed by atoms with Crippen LogP contribution < -0.4 is 5.32 Å². The van der Waals surface area contributed by atoms with Gasteiger partial charge in [-0.25, -0.2) is 8.78 Å². The molecule has 1 aliphatic carbocycles. The van der Waals surface area contributed by atoms with Crippen molar-refractivity contribution in [1.82, 2.24) is 5.32 Å². The lowest BCUT2D eigenvalue weighted by atomic mass is 10.00. The minimum atomic E-state index is -1.23. The van der Waals surface area contributed by atoms with Crippen LogP contribution in [0.1, 0.15) is 44.6 Å². The van der Waals surface area contributed by atoms with Crippen LogP contribution in [0.25, 0.3) is 0 Å². The first-order valence-corrected chi connectivity index (χ1v) is 7.38. The summed E-state index contributed by atoms with van der Waals surface area (Å²) in [6, 6.07) is 3.69. The monoisotopic (exact) mass is 297 g/mol. The average molecular weight is 297 g/mol. The molecule has 5 heteroatoms. The van der Waals surface area contributed by atoms with Crippen molar-refractivity contribution in [3.05, 3.63) is 35.4 Å². The Morgan fingerprint density at radius 2 is 2.00 bits per heavy atom.